The van der Waals surface area contributed by atoms with Gasteiger partial charge in [0.25, 0.3) is 11.6 Å². The van der Waals surface area contributed by atoms with Crippen molar-refractivity contribution in [2.75, 3.05) is 11.9 Å². The van der Waals surface area contributed by atoms with E-state index in [4.69, 9.17) is 4.74 Å². The summed E-state index contributed by atoms with van der Waals surface area (Å²) >= 11 is 5.47. The Balaban J connectivity index is 1.91. The summed E-state index contributed by atoms with van der Waals surface area (Å²) < 4.78 is 7.12. The van der Waals surface area contributed by atoms with Crippen LogP contribution in [0.1, 0.15) is 0 Å². The van der Waals surface area contributed by atoms with Crippen LogP contribution in [0.25, 0.3) is 0 Å². The van der Waals surface area contributed by atoms with Gasteiger partial charge in [0.1, 0.15) is 5.75 Å². The second kappa shape index (κ2) is 7.54. The molecule has 0 aliphatic heterocycles. The molecule has 0 saturated carbocycles. The van der Waals surface area contributed by atoms with Crippen LogP contribution in [0.15, 0.2) is 46.9 Å². The first kappa shape index (κ1) is 16.7. The molecule has 114 valence electrons. The van der Waals surface area contributed by atoms with E-state index in [1.54, 1.807) is 6.07 Å². The quantitative estimate of drug-likeness (QED) is 0.402. The molecule has 1 amide bonds. The van der Waals surface area contributed by atoms with Crippen LogP contribution in [0, 0.1) is 13.7 Å². The predicted molar refractivity (Wildman–Crippen MR) is 94.1 cm³/mol. The lowest BCUT2D eigenvalue weighted by atomic mass is 10.3. The highest BCUT2D eigenvalue weighted by Gasteiger charge is 2.08. The van der Waals surface area contributed by atoms with E-state index in [1.165, 1.54) is 24.3 Å². The Morgan fingerprint density at radius 2 is 1.95 bits per heavy atom. The fourth-order valence-corrected chi connectivity index (χ4v) is 3.03. The van der Waals surface area contributed by atoms with Crippen molar-refractivity contribution in [3.05, 3.63) is 60.6 Å². The number of hydrogen-bond acceptors (Lipinski definition) is 4. The Bertz CT molecular complexity index is 706. The number of nitro benzene ring substituents is 1. The van der Waals surface area contributed by atoms with Gasteiger partial charge in [0.2, 0.25) is 0 Å². The number of hydrogen-bond donors (Lipinski definition) is 1. The Kier molecular flexibility index (Phi) is 5.72. The molecule has 2 aromatic rings. The van der Waals surface area contributed by atoms with Crippen LogP contribution in [0.5, 0.6) is 5.75 Å². The van der Waals surface area contributed by atoms with E-state index in [0.29, 0.717) is 11.4 Å². The Morgan fingerprint density at radius 1 is 1.27 bits per heavy atom. The average Bonchev–Trinajstić information content (AvgIpc) is 2.48. The molecule has 6 nitrogen and oxygen atoms in total. The number of ether oxygens (including phenoxy) is 1. The van der Waals surface area contributed by atoms with Gasteiger partial charge in [-0.25, -0.2) is 0 Å². The summed E-state index contributed by atoms with van der Waals surface area (Å²) in [6.07, 6.45) is 0. The number of halogens is 2. The fourth-order valence-electron chi connectivity index (χ4n) is 1.59. The molecule has 0 aromatic heterocycles. The van der Waals surface area contributed by atoms with Crippen molar-refractivity contribution in [2.24, 2.45) is 0 Å². The van der Waals surface area contributed by atoms with Gasteiger partial charge in [-0.3, -0.25) is 14.9 Å². The lowest BCUT2D eigenvalue weighted by Crippen LogP contribution is -2.20. The SMILES string of the molecule is O=C(COc1ccc([N+](=O)[O-])cc1)Nc1ccc(Br)cc1I. The summed E-state index contributed by atoms with van der Waals surface area (Å²) in [5.74, 6) is 0.0878. The first-order valence-corrected chi connectivity index (χ1v) is 7.95. The van der Waals surface area contributed by atoms with Gasteiger partial charge >= 0.3 is 0 Å². The number of carbonyl (C=O) groups excluding carboxylic acids is 1. The Hall–Kier alpha value is -1.68. The highest BCUT2D eigenvalue weighted by atomic mass is 127. The molecule has 0 atom stereocenters. The van der Waals surface area contributed by atoms with E-state index < -0.39 is 4.92 Å². The van der Waals surface area contributed by atoms with E-state index in [-0.39, 0.29) is 18.2 Å². The van der Waals surface area contributed by atoms with Gasteiger partial charge in [0, 0.05) is 20.2 Å². The van der Waals surface area contributed by atoms with Crippen LogP contribution in [0.3, 0.4) is 0 Å². The van der Waals surface area contributed by atoms with Crippen LogP contribution < -0.4 is 10.1 Å². The molecule has 0 aliphatic carbocycles. The standard InChI is InChI=1S/C14H10BrIN2O4/c15-9-1-6-13(12(16)7-9)17-14(19)8-22-11-4-2-10(3-5-11)18(20)21/h1-7H,8H2,(H,17,19). The monoisotopic (exact) mass is 476 g/mol. The summed E-state index contributed by atoms with van der Waals surface area (Å²) in [6.45, 7) is -0.177. The van der Waals surface area contributed by atoms with Gasteiger partial charge in [-0.1, -0.05) is 15.9 Å². The third kappa shape index (κ3) is 4.67. The summed E-state index contributed by atoms with van der Waals surface area (Å²) in [5.41, 5.74) is 0.669. The number of non-ortho nitro benzene ring substituents is 1. The second-order valence-corrected chi connectivity index (χ2v) is 6.29. The first-order valence-electron chi connectivity index (χ1n) is 6.08. The van der Waals surface area contributed by atoms with Crippen molar-refractivity contribution in [2.45, 2.75) is 0 Å². The van der Waals surface area contributed by atoms with Gasteiger partial charge in [-0.2, -0.15) is 0 Å². The number of carbonyl (C=O) groups is 1. The maximum absolute atomic E-state index is 11.8. The van der Waals surface area contributed by atoms with Gasteiger partial charge < -0.3 is 10.1 Å². The highest BCUT2D eigenvalue weighted by Crippen LogP contribution is 2.22. The summed E-state index contributed by atoms with van der Waals surface area (Å²) in [7, 11) is 0. The molecule has 0 spiro atoms. The maximum atomic E-state index is 11.8. The molecule has 0 fully saturated rings. The molecule has 0 radical (unpaired) electrons. The molecule has 0 saturated heterocycles. The van der Waals surface area contributed by atoms with Crippen molar-refractivity contribution in [3.8, 4) is 5.75 Å². The molecule has 2 rings (SSSR count). The second-order valence-electron chi connectivity index (χ2n) is 4.21. The van der Waals surface area contributed by atoms with Crippen molar-refractivity contribution in [3.63, 3.8) is 0 Å². The molecular weight excluding hydrogens is 467 g/mol. The predicted octanol–water partition coefficient (Wildman–Crippen LogP) is 3.98. The number of amides is 1. The minimum absolute atomic E-state index is 0.0267. The molecule has 8 heteroatoms. The first-order chi connectivity index (χ1) is 10.5. The average molecular weight is 477 g/mol. The third-order valence-corrected chi connectivity index (χ3v) is 4.01. The number of rotatable bonds is 5. The third-order valence-electron chi connectivity index (χ3n) is 2.62. The zero-order chi connectivity index (χ0) is 16.1. The zero-order valence-electron chi connectivity index (χ0n) is 11.1. The van der Waals surface area contributed by atoms with Gasteiger partial charge in [0.15, 0.2) is 6.61 Å². The Morgan fingerprint density at radius 3 is 2.55 bits per heavy atom. The van der Waals surface area contributed by atoms with Crippen LogP contribution in [0.2, 0.25) is 0 Å². The molecule has 1 N–H and O–H groups in total. The number of nitrogens with one attached hydrogen (secondary N) is 1. The molecule has 0 aliphatic rings. The van der Waals surface area contributed by atoms with Crippen molar-refractivity contribution < 1.29 is 14.5 Å². The fraction of sp³-hybridized carbons (Fsp3) is 0.0714. The van der Waals surface area contributed by atoms with Gasteiger partial charge in [0.05, 0.1) is 10.6 Å². The summed E-state index contributed by atoms with van der Waals surface area (Å²) in [6, 6.07) is 11.1. The minimum atomic E-state index is -0.494. The van der Waals surface area contributed by atoms with Crippen molar-refractivity contribution in [1.29, 1.82) is 0 Å². The lowest BCUT2D eigenvalue weighted by Gasteiger charge is -2.09. The number of anilines is 1. The smallest absolute Gasteiger partial charge is 0.269 e. The normalized spacial score (nSPS) is 10.1. The minimum Gasteiger partial charge on any atom is -0.484 e. The number of nitro groups is 1. The van der Waals surface area contributed by atoms with Crippen molar-refractivity contribution >= 4 is 55.8 Å². The molecule has 2 aromatic carbocycles. The van der Waals surface area contributed by atoms with E-state index in [0.717, 1.165) is 8.04 Å². The summed E-state index contributed by atoms with van der Waals surface area (Å²) in [5, 5.41) is 13.3. The maximum Gasteiger partial charge on any atom is 0.269 e. The molecule has 0 unspecified atom stereocenters. The lowest BCUT2D eigenvalue weighted by molar-refractivity contribution is -0.384. The van der Waals surface area contributed by atoms with Crippen LogP contribution in [-0.4, -0.2) is 17.4 Å². The van der Waals surface area contributed by atoms with Gasteiger partial charge in [-0.15, -0.1) is 0 Å². The van der Waals surface area contributed by atoms with E-state index in [1.807, 2.05) is 12.1 Å². The van der Waals surface area contributed by atoms with E-state index in [9.17, 15) is 14.9 Å². The highest BCUT2D eigenvalue weighted by molar-refractivity contribution is 14.1. The van der Waals surface area contributed by atoms with E-state index in [2.05, 4.69) is 43.8 Å². The molecule has 0 bridgehead atoms. The molecule has 0 heterocycles. The topological polar surface area (TPSA) is 81.5 Å². The van der Waals surface area contributed by atoms with Crippen LogP contribution >= 0.6 is 38.5 Å². The van der Waals surface area contributed by atoms with Crippen molar-refractivity contribution in [1.82, 2.24) is 0 Å². The largest absolute Gasteiger partial charge is 0.484 e. The summed E-state index contributed by atoms with van der Waals surface area (Å²) in [4.78, 5) is 21.9. The zero-order valence-corrected chi connectivity index (χ0v) is 14.8. The molecular formula is C14H10BrIN2O4. The Labute approximate surface area is 148 Å². The van der Waals surface area contributed by atoms with Crippen LogP contribution in [-0.2, 0) is 4.79 Å². The van der Waals surface area contributed by atoms with E-state index >= 15 is 0 Å². The molecule has 22 heavy (non-hydrogen) atoms. The number of benzene rings is 2. The number of nitrogens with zero attached hydrogens (tertiary/aromatic N) is 1. The van der Waals surface area contributed by atoms with Crippen LogP contribution in [0.4, 0.5) is 11.4 Å². The van der Waals surface area contributed by atoms with Gasteiger partial charge in [-0.05, 0) is 52.9 Å².